The lowest BCUT2D eigenvalue weighted by molar-refractivity contribution is -0.119. The molecule has 1 aliphatic rings. The summed E-state index contributed by atoms with van der Waals surface area (Å²) in [6, 6.07) is 5.84. The number of carbonyl (C=O) groups excluding carboxylic acids is 1. The lowest BCUT2D eigenvalue weighted by Crippen LogP contribution is -2.13. The number of nitrogens with one attached hydrogen (secondary N) is 1. The minimum Gasteiger partial charge on any atom is -0.496 e. The lowest BCUT2D eigenvalue weighted by Gasteiger charge is -2.10. The molecule has 80 valence electrons. The van der Waals surface area contributed by atoms with Gasteiger partial charge in [0.15, 0.2) is 0 Å². The summed E-state index contributed by atoms with van der Waals surface area (Å²) in [5.41, 5.74) is 1.14. The first-order chi connectivity index (χ1) is 7.20. The molecule has 1 aromatic carbocycles. The van der Waals surface area contributed by atoms with Crippen molar-refractivity contribution in [3.63, 3.8) is 0 Å². The summed E-state index contributed by atoms with van der Waals surface area (Å²) in [6.45, 7) is 0.721. The highest BCUT2D eigenvalue weighted by atomic mass is 32.1. The fourth-order valence-electron chi connectivity index (χ4n) is 1.80. The van der Waals surface area contributed by atoms with Crippen LogP contribution >= 0.6 is 12.6 Å². The Labute approximate surface area is 94.2 Å². The first-order valence-corrected chi connectivity index (χ1v) is 5.29. The number of amides is 1. The molecule has 0 bridgehead atoms. The van der Waals surface area contributed by atoms with E-state index in [1.807, 2.05) is 18.2 Å². The average molecular weight is 223 g/mol. The highest BCUT2D eigenvalue weighted by Gasteiger charge is 2.23. The second-order valence-electron chi connectivity index (χ2n) is 3.64. The Morgan fingerprint density at radius 2 is 2.33 bits per heavy atom. The first kappa shape index (κ1) is 10.4. The molecular weight excluding hydrogens is 210 g/mol. The number of thiol groups is 1. The Bertz CT molecular complexity index is 392. The fourth-order valence-corrected chi connectivity index (χ4v) is 2.12. The second kappa shape index (κ2) is 4.14. The summed E-state index contributed by atoms with van der Waals surface area (Å²) in [6.07, 6.45) is 0.569. The predicted molar refractivity (Wildman–Crippen MR) is 60.6 cm³/mol. The first-order valence-electron chi connectivity index (χ1n) is 4.84. The SMILES string of the molecule is COc1ccc(C2CNC(=O)C2)cc1S. The van der Waals surface area contributed by atoms with Crippen molar-refractivity contribution in [1.82, 2.24) is 5.32 Å². The molecule has 2 rings (SSSR count). The van der Waals surface area contributed by atoms with Crippen molar-refractivity contribution in [3.05, 3.63) is 23.8 Å². The minimum atomic E-state index is 0.122. The van der Waals surface area contributed by atoms with Crippen LogP contribution < -0.4 is 10.1 Å². The Morgan fingerprint density at radius 1 is 1.53 bits per heavy atom. The number of benzene rings is 1. The largest absolute Gasteiger partial charge is 0.496 e. The van der Waals surface area contributed by atoms with Crippen LogP contribution in [-0.4, -0.2) is 19.6 Å². The molecule has 0 aromatic heterocycles. The van der Waals surface area contributed by atoms with Gasteiger partial charge in [-0.25, -0.2) is 0 Å². The van der Waals surface area contributed by atoms with Gasteiger partial charge in [0.25, 0.3) is 0 Å². The molecule has 4 heteroatoms. The van der Waals surface area contributed by atoms with Crippen molar-refractivity contribution in [2.45, 2.75) is 17.2 Å². The summed E-state index contributed by atoms with van der Waals surface area (Å²) in [7, 11) is 1.62. The van der Waals surface area contributed by atoms with Crippen LogP contribution in [0.15, 0.2) is 23.1 Å². The van der Waals surface area contributed by atoms with Gasteiger partial charge in [-0.15, -0.1) is 12.6 Å². The van der Waals surface area contributed by atoms with Crippen LogP contribution in [0.2, 0.25) is 0 Å². The zero-order valence-corrected chi connectivity index (χ0v) is 9.38. The third-order valence-electron chi connectivity index (χ3n) is 2.65. The maximum atomic E-state index is 11.1. The van der Waals surface area contributed by atoms with Crippen molar-refractivity contribution in [2.24, 2.45) is 0 Å². The number of hydrogen-bond acceptors (Lipinski definition) is 3. The van der Waals surface area contributed by atoms with E-state index < -0.39 is 0 Å². The van der Waals surface area contributed by atoms with Gasteiger partial charge >= 0.3 is 0 Å². The van der Waals surface area contributed by atoms with Crippen LogP contribution in [0.5, 0.6) is 5.75 Å². The number of hydrogen-bond donors (Lipinski definition) is 2. The maximum Gasteiger partial charge on any atom is 0.220 e. The molecule has 1 saturated heterocycles. The minimum absolute atomic E-state index is 0.122. The molecular formula is C11H13NO2S. The van der Waals surface area contributed by atoms with Gasteiger partial charge in [-0.1, -0.05) is 6.07 Å². The van der Waals surface area contributed by atoms with Crippen molar-refractivity contribution >= 4 is 18.5 Å². The van der Waals surface area contributed by atoms with Crippen LogP contribution in [0.25, 0.3) is 0 Å². The zero-order valence-electron chi connectivity index (χ0n) is 8.49. The average Bonchev–Trinajstić information content (AvgIpc) is 2.65. The van der Waals surface area contributed by atoms with Gasteiger partial charge in [0.05, 0.1) is 7.11 Å². The fraction of sp³-hybridized carbons (Fsp3) is 0.364. The molecule has 1 atom stereocenters. The number of methoxy groups -OCH3 is 1. The molecule has 1 aromatic rings. The maximum absolute atomic E-state index is 11.1. The standard InChI is InChI=1S/C11H13NO2S/c1-14-9-3-2-7(4-10(9)15)8-5-11(13)12-6-8/h2-4,8,15H,5-6H2,1H3,(H,12,13). The second-order valence-corrected chi connectivity index (χ2v) is 4.12. The molecule has 0 aliphatic carbocycles. The Kier molecular flexibility index (Phi) is 2.86. The van der Waals surface area contributed by atoms with Crippen molar-refractivity contribution in [3.8, 4) is 5.75 Å². The predicted octanol–water partition coefficient (Wildman–Crippen LogP) is 1.59. The third-order valence-corrected chi connectivity index (χ3v) is 3.00. The van der Waals surface area contributed by atoms with Crippen LogP contribution in [0.1, 0.15) is 17.9 Å². The zero-order chi connectivity index (χ0) is 10.8. The Morgan fingerprint density at radius 3 is 2.87 bits per heavy atom. The molecule has 3 nitrogen and oxygen atoms in total. The van der Waals surface area contributed by atoms with Gasteiger partial charge < -0.3 is 10.1 Å². The van der Waals surface area contributed by atoms with E-state index in [9.17, 15) is 4.79 Å². The van der Waals surface area contributed by atoms with Gasteiger partial charge in [0.2, 0.25) is 5.91 Å². The summed E-state index contributed by atoms with van der Waals surface area (Å²) < 4.78 is 5.12. The lowest BCUT2D eigenvalue weighted by atomic mass is 9.98. The van der Waals surface area contributed by atoms with E-state index in [0.717, 1.165) is 22.8 Å². The molecule has 1 unspecified atom stereocenters. The van der Waals surface area contributed by atoms with Crippen LogP contribution in [-0.2, 0) is 4.79 Å². The summed E-state index contributed by atoms with van der Waals surface area (Å²) in [4.78, 5) is 11.9. The normalized spacial score (nSPS) is 20.1. The van der Waals surface area contributed by atoms with E-state index in [1.165, 1.54) is 0 Å². The van der Waals surface area contributed by atoms with Crippen LogP contribution in [0.3, 0.4) is 0 Å². The van der Waals surface area contributed by atoms with E-state index in [4.69, 9.17) is 4.74 Å². The molecule has 1 fully saturated rings. The topological polar surface area (TPSA) is 38.3 Å². The van der Waals surface area contributed by atoms with E-state index >= 15 is 0 Å². The van der Waals surface area contributed by atoms with E-state index in [2.05, 4.69) is 17.9 Å². The van der Waals surface area contributed by atoms with Gasteiger partial charge in [0, 0.05) is 23.8 Å². The molecule has 1 heterocycles. The van der Waals surface area contributed by atoms with E-state index in [-0.39, 0.29) is 11.8 Å². The molecule has 0 saturated carbocycles. The molecule has 1 aliphatic heterocycles. The smallest absolute Gasteiger partial charge is 0.220 e. The third kappa shape index (κ3) is 2.09. The Balaban J connectivity index is 2.22. The number of ether oxygens (including phenoxy) is 1. The van der Waals surface area contributed by atoms with Crippen LogP contribution in [0.4, 0.5) is 0 Å². The van der Waals surface area contributed by atoms with Crippen molar-refractivity contribution in [2.75, 3.05) is 13.7 Å². The van der Waals surface area contributed by atoms with Gasteiger partial charge in [0.1, 0.15) is 5.75 Å². The van der Waals surface area contributed by atoms with Gasteiger partial charge in [-0.2, -0.15) is 0 Å². The van der Waals surface area contributed by atoms with Crippen molar-refractivity contribution in [1.29, 1.82) is 0 Å². The highest BCUT2D eigenvalue weighted by molar-refractivity contribution is 7.80. The number of rotatable bonds is 2. The summed E-state index contributed by atoms with van der Waals surface area (Å²) in [5.74, 6) is 1.16. The van der Waals surface area contributed by atoms with Gasteiger partial charge in [-0.05, 0) is 17.7 Å². The molecule has 1 N–H and O–H groups in total. The quantitative estimate of drug-likeness (QED) is 0.747. The highest BCUT2D eigenvalue weighted by Crippen LogP contribution is 2.29. The van der Waals surface area contributed by atoms with E-state index in [1.54, 1.807) is 7.11 Å². The van der Waals surface area contributed by atoms with E-state index in [0.29, 0.717) is 6.42 Å². The van der Waals surface area contributed by atoms with Gasteiger partial charge in [-0.3, -0.25) is 4.79 Å². The monoisotopic (exact) mass is 223 g/mol. The molecule has 0 radical (unpaired) electrons. The van der Waals surface area contributed by atoms with Crippen LogP contribution in [0, 0.1) is 0 Å². The Hall–Kier alpha value is -1.16. The summed E-state index contributed by atoms with van der Waals surface area (Å²) in [5, 5.41) is 2.82. The molecule has 1 amide bonds. The van der Waals surface area contributed by atoms with Crippen molar-refractivity contribution < 1.29 is 9.53 Å². The molecule has 0 spiro atoms. The molecule has 15 heavy (non-hydrogen) atoms. The number of carbonyl (C=O) groups is 1. The summed E-state index contributed by atoms with van der Waals surface area (Å²) >= 11 is 4.33.